The van der Waals surface area contributed by atoms with Gasteiger partial charge in [-0.05, 0) is 31.5 Å². The lowest BCUT2D eigenvalue weighted by Gasteiger charge is -2.35. The van der Waals surface area contributed by atoms with Crippen LogP contribution in [0.4, 0.5) is 0 Å². The van der Waals surface area contributed by atoms with Crippen molar-refractivity contribution in [2.45, 2.75) is 32.1 Å². The first-order valence-corrected chi connectivity index (χ1v) is 7.87. The number of piperidine rings is 1. The van der Waals surface area contributed by atoms with Gasteiger partial charge < -0.3 is 20.1 Å². The number of aliphatic hydroxyl groups is 1. The Balaban J connectivity index is 1.60. The number of ether oxygens (including phenoxy) is 1. The Morgan fingerprint density at radius 3 is 2.86 bits per heavy atom. The molecule has 118 valence electrons. The van der Waals surface area contributed by atoms with Crippen molar-refractivity contribution in [1.29, 1.82) is 0 Å². The van der Waals surface area contributed by atoms with Crippen LogP contribution < -0.4 is 5.32 Å². The molecule has 1 aromatic carbocycles. The highest BCUT2D eigenvalue weighted by Crippen LogP contribution is 2.15. The van der Waals surface area contributed by atoms with Gasteiger partial charge in [-0.25, -0.2) is 0 Å². The number of nitrogens with zero attached hydrogens (tertiary/aromatic N) is 1. The molecule has 4 nitrogen and oxygen atoms in total. The van der Waals surface area contributed by atoms with Crippen LogP contribution in [-0.4, -0.2) is 55.4 Å². The summed E-state index contributed by atoms with van der Waals surface area (Å²) in [5, 5.41) is 13.5. The number of benzene rings is 1. The monoisotopic (exact) mass is 292 g/mol. The van der Waals surface area contributed by atoms with Crippen LogP contribution in [0.3, 0.4) is 0 Å². The van der Waals surface area contributed by atoms with Gasteiger partial charge in [0.25, 0.3) is 0 Å². The highest BCUT2D eigenvalue weighted by Gasteiger charge is 2.24. The third-order valence-corrected chi connectivity index (χ3v) is 4.15. The molecule has 1 fully saturated rings. The molecule has 0 saturated carbocycles. The van der Waals surface area contributed by atoms with Gasteiger partial charge in [-0.1, -0.05) is 37.3 Å². The molecule has 1 aromatic rings. The molecule has 0 aliphatic carbocycles. The van der Waals surface area contributed by atoms with Crippen molar-refractivity contribution in [3.8, 4) is 0 Å². The Labute approximate surface area is 128 Å². The highest BCUT2D eigenvalue weighted by atomic mass is 16.5. The van der Waals surface area contributed by atoms with Crippen LogP contribution in [0.1, 0.15) is 18.9 Å². The molecule has 0 radical (unpaired) electrons. The molecule has 0 aromatic heterocycles. The maximum atomic E-state index is 10.00. The number of nitrogens with one attached hydrogen (secondary N) is 1. The van der Waals surface area contributed by atoms with E-state index in [9.17, 15) is 5.11 Å². The fourth-order valence-corrected chi connectivity index (χ4v) is 2.89. The molecule has 0 bridgehead atoms. The minimum Gasteiger partial charge on any atom is -0.389 e. The summed E-state index contributed by atoms with van der Waals surface area (Å²) in [4.78, 5) is 2.36. The second kappa shape index (κ2) is 8.49. The zero-order valence-electron chi connectivity index (χ0n) is 13.2. The summed E-state index contributed by atoms with van der Waals surface area (Å²) in [6, 6.07) is 10.6. The van der Waals surface area contributed by atoms with Crippen molar-refractivity contribution >= 4 is 0 Å². The maximum Gasteiger partial charge on any atom is 0.0897 e. The van der Waals surface area contributed by atoms with Crippen molar-refractivity contribution in [1.82, 2.24) is 10.2 Å². The molecular weight excluding hydrogens is 264 g/mol. The zero-order valence-corrected chi connectivity index (χ0v) is 13.2. The summed E-state index contributed by atoms with van der Waals surface area (Å²) in [6.45, 7) is 6.06. The molecule has 1 aliphatic heterocycles. The smallest absolute Gasteiger partial charge is 0.0897 e. The quantitative estimate of drug-likeness (QED) is 0.799. The predicted molar refractivity (Wildman–Crippen MR) is 85.2 cm³/mol. The van der Waals surface area contributed by atoms with Crippen LogP contribution in [0.25, 0.3) is 0 Å². The summed E-state index contributed by atoms with van der Waals surface area (Å²) < 4.78 is 5.57. The lowest BCUT2D eigenvalue weighted by Crippen LogP contribution is -2.49. The number of hydrogen-bond acceptors (Lipinski definition) is 4. The Kier molecular flexibility index (Phi) is 6.64. The van der Waals surface area contributed by atoms with Gasteiger partial charge in [0.05, 0.1) is 19.3 Å². The van der Waals surface area contributed by atoms with Crippen LogP contribution in [-0.2, 0) is 11.3 Å². The van der Waals surface area contributed by atoms with Crippen molar-refractivity contribution < 1.29 is 9.84 Å². The van der Waals surface area contributed by atoms with Crippen molar-refractivity contribution in [2.24, 2.45) is 5.92 Å². The van der Waals surface area contributed by atoms with E-state index in [4.69, 9.17) is 4.74 Å². The molecular formula is C17H28N2O2. The van der Waals surface area contributed by atoms with E-state index in [1.165, 1.54) is 0 Å². The number of hydrogen-bond donors (Lipinski definition) is 2. The summed E-state index contributed by atoms with van der Waals surface area (Å²) >= 11 is 0. The fraction of sp³-hybridized carbons (Fsp3) is 0.647. The van der Waals surface area contributed by atoms with E-state index in [-0.39, 0.29) is 0 Å². The SMILES string of the molecule is CC1CN(C)CCC1NCC(O)COCc1ccccc1. The summed E-state index contributed by atoms with van der Waals surface area (Å²) in [5.41, 5.74) is 1.14. The molecule has 1 aliphatic rings. The summed E-state index contributed by atoms with van der Waals surface area (Å²) in [7, 11) is 2.17. The largest absolute Gasteiger partial charge is 0.389 e. The Hall–Kier alpha value is -0.940. The summed E-state index contributed by atoms with van der Waals surface area (Å²) in [6.07, 6.45) is 0.704. The molecule has 3 atom stereocenters. The molecule has 2 rings (SSSR count). The Morgan fingerprint density at radius 1 is 1.38 bits per heavy atom. The van der Waals surface area contributed by atoms with E-state index in [2.05, 4.69) is 24.2 Å². The molecule has 0 spiro atoms. The van der Waals surface area contributed by atoms with Gasteiger partial charge in [0, 0.05) is 19.1 Å². The first-order chi connectivity index (χ1) is 10.1. The second-order valence-electron chi connectivity index (χ2n) is 6.20. The average Bonchev–Trinajstić information content (AvgIpc) is 2.47. The normalized spacial score (nSPS) is 24.9. The van der Waals surface area contributed by atoms with Crippen LogP contribution >= 0.6 is 0 Å². The van der Waals surface area contributed by atoms with E-state index in [0.717, 1.165) is 25.1 Å². The minimum atomic E-state index is -0.444. The minimum absolute atomic E-state index is 0.378. The van der Waals surface area contributed by atoms with Gasteiger partial charge in [0.1, 0.15) is 0 Å². The first kappa shape index (κ1) is 16.4. The van der Waals surface area contributed by atoms with E-state index < -0.39 is 6.10 Å². The van der Waals surface area contributed by atoms with E-state index in [1.54, 1.807) is 0 Å². The van der Waals surface area contributed by atoms with E-state index in [1.807, 2.05) is 30.3 Å². The van der Waals surface area contributed by atoms with E-state index >= 15 is 0 Å². The average molecular weight is 292 g/mol. The lowest BCUT2D eigenvalue weighted by atomic mass is 9.94. The first-order valence-electron chi connectivity index (χ1n) is 7.87. The van der Waals surface area contributed by atoms with Gasteiger partial charge in [-0.15, -0.1) is 0 Å². The van der Waals surface area contributed by atoms with Crippen LogP contribution in [0, 0.1) is 5.92 Å². The number of rotatable bonds is 7. The zero-order chi connectivity index (χ0) is 15.1. The maximum absolute atomic E-state index is 10.00. The number of aliphatic hydroxyl groups excluding tert-OH is 1. The van der Waals surface area contributed by atoms with Gasteiger partial charge in [-0.3, -0.25) is 0 Å². The fourth-order valence-electron chi connectivity index (χ4n) is 2.89. The van der Waals surface area contributed by atoms with Crippen LogP contribution in [0.15, 0.2) is 30.3 Å². The molecule has 2 N–H and O–H groups in total. The molecule has 1 heterocycles. The third-order valence-electron chi connectivity index (χ3n) is 4.15. The van der Waals surface area contributed by atoms with Gasteiger partial charge in [-0.2, -0.15) is 0 Å². The predicted octanol–water partition coefficient (Wildman–Crippen LogP) is 1.49. The summed E-state index contributed by atoms with van der Waals surface area (Å²) in [5.74, 6) is 0.626. The highest BCUT2D eigenvalue weighted by molar-refractivity contribution is 5.13. The van der Waals surface area contributed by atoms with Gasteiger partial charge in [0.2, 0.25) is 0 Å². The molecule has 4 heteroatoms. The Bertz CT molecular complexity index is 399. The van der Waals surface area contributed by atoms with E-state index in [0.29, 0.717) is 31.7 Å². The number of likely N-dealkylation sites (tertiary alicyclic amines) is 1. The van der Waals surface area contributed by atoms with Gasteiger partial charge >= 0.3 is 0 Å². The standard InChI is InChI=1S/C17H28N2O2/c1-14-11-19(2)9-8-17(14)18-10-16(20)13-21-12-15-6-4-3-5-7-15/h3-7,14,16-18,20H,8-13H2,1-2H3. The van der Waals surface area contributed by atoms with Gasteiger partial charge in [0.15, 0.2) is 0 Å². The lowest BCUT2D eigenvalue weighted by molar-refractivity contribution is 0.0250. The third kappa shape index (κ3) is 5.75. The second-order valence-corrected chi connectivity index (χ2v) is 6.20. The molecule has 3 unspecified atom stereocenters. The van der Waals surface area contributed by atoms with Crippen LogP contribution in [0.2, 0.25) is 0 Å². The van der Waals surface area contributed by atoms with Crippen molar-refractivity contribution in [3.05, 3.63) is 35.9 Å². The van der Waals surface area contributed by atoms with Crippen LogP contribution in [0.5, 0.6) is 0 Å². The van der Waals surface area contributed by atoms with Crippen molar-refractivity contribution in [3.63, 3.8) is 0 Å². The molecule has 21 heavy (non-hydrogen) atoms. The van der Waals surface area contributed by atoms with Crippen molar-refractivity contribution in [2.75, 3.05) is 33.3 Å². The topological polar surface area (TPSA) is 44.7 Å². The Morgan fingerprint density at radius 2 is 2.14 bits per heavy atom. The molecule has 0 amide bonds. The molecule has 1 saturated heterocycles.